The number of piperidine rings is 2. The Morgan fingerprint density at radius 3 is 0.974 bits per heavy atom. The van der Waals surface area contributed by atoms with Crippen molar-refractivity contribution in [2.75, 3.05) is 36.0 Å². The number of benzene rings is 5. The first-order chi connectivity index (χ1) is 18.4. The van der Waals surface area contributed by atoms with E-state index in [0.717, 1.165) is 26.2 Å². The van der Waals surface area contributed by atoms with Crippen molar-refractivity contribution in [2.45, 2.75) is 40.5 Å². The predicted molar refractivity (Wildman–Crippen MR) is 167 cm³/mol. The zero-order valence-electron chi connectivity index (χ0n) is 23.4. The second kappa shape index (κ2) is 9.19. The van der Waals surface area contributed by atoms with E-state index >= 15 is 0 Å². The van der Waals surface area contributed by atoms with Crippen molar-refractivity contribution in [1.82, 2.24) is 0 Å². The summed E-state index contributed by atoms with van der Waals surface area (Å²) in [7, 11) is 0. The fourth-order valence-electron chi connectivity index (χ4n) is 7.93. The van der Waals surface area contributed by atoms with E-state index in [-0.39, 0.29) is 0 Å². The van der Waals surface area contributed by atoms with Crippen LogP contribution in [0.1, 0.15) is 40.5 Å². The molecule has 2 nitrogen and oxygen atoms in total. The van der Waals surface area contributed by atoms with Gasteiger partial charge in [-0.2, -0.15) is 0 Å². The molecular weight excluding hydrogens is 460 g/mol. The molecule has 2 aliphatic rings. The van der Waals surface area contributed by atoms with Gasteiger partial charge in [0.15, 0.2) is 0 Å². The summed E-state index contributed by atoms with van der Waals surface area (Å²) in [6.45, 7) is 14.3. The Kier molecular flexibility index (Phi) is 5.76. The SMILES string of the molecule is CC1CC(C)CN(c2c3cc4ccccc4cc3c(N3CC(C)CC(C)C3)c3cc4ccccc4cc23)C1. The first-order valence-electron chi connectivity index (χ1n) is 14.8. The number of fused-ring (bicyclic) bond motifs is 4. The van der Waals surface area contributed by atoms with Gasteiger partial charge in [-0.1, -0.05) is 76.2 Å². The second-order valence-electron chi connectivity index (χ2n) is 12.9. The molecule has 0 N–H and O–H groups in total. The van der Waals surface area contributed by atoms with E-state index in [2.05, 4.69) is 110 Å². The zero-order valence-corrected chi connectivity index (χ0v) is 23.4. The van der Waals surface area contributed by atoms with Gasteiger partial charge in [0, 0.05) is 47.7 Å². The smallest absolute Gasteiger partial charge is 0.0527 e. The van der Waals surface area contributed by atoms with Gasteiger partial charge in [0.2, 0.25) is 0 Å². The minimum Gasteiger partial charge on any atom is -0.370 e. The molecular formula is C36H40N2. The highest BCUT2D eigenvalue weighted by Gasteiger charge is 2.29. The van der Waals surface area contributed by atoms with Crippen LogP contribution >= 0.6 is 0 Å². The van der Waals surface area contributed by atoms with Crippen molar-refractivity contribution < 1.29 is 0 Å². The van der Waals surface area contributed by atoms with Gasteiger partial charge in [0.1, 0.15) is 0 Å². The fourth-order valence-corrected chi connectivity index (χ4v) is 7.93. The molecule has 194 valence electrons. The Hall–Kier alpha value is -3.26. The normalized spacial score (nSPS) is 24.6. The molecule has 2 fully saturated rings. The number of anilines is 2. The van der Waals surface area contributed by atoms with Crippen molar-refractivity contribution in [3.63, 3.8) is 0 Å². The molecule has 4 unspecified atom stereocenters. The molecule has 0 radical (unpaired) electrons. The van der Waals surface area contributed by atoms with E-state index in [0.29, 0.717) is 23.7 Å². The van der Waals surface area contributed by atoms with Crippen LogP contribution in [0, 0.1) is 23.7 Å². The lowest BCUT2D eigenvalue weighted by molar-refractivity contribution is 0.357. The van der Waals surface area contributed by atoms with E-state index < -0.39 is 0 Å². The van der Waals surface area contributed by atoms with Gasteiger partial charge in [-0.05, 0) is 82.3 Å². The van der Waals surface area contributed by atoms with Gasteiger partial charge in [0.25, 0.3) is 0 Å². The van der Waals surface area contributed by atoms with Gasteiger partial charge < -0.3 is 9.80 Å². The van der Waals surface area contributed by atoms with Crippen LogP contribution in [0.4, 0.5) is 11.4 Å². The zero-order chi connectivity index (χ0) is 26.0. The minimum atomic E-state index is 0.702. The molecule has 0 aliphatic carbocycles. The van der Waals surface area contributed by atoms with Crippen molar-refractivity contribution in [3.05, 3.63) is 72.8 Å². The number of hydrogen-bond acceptors (Lipinski definition) is 2. The van der Waals surface area contributed by atoms with Gasteiger partial charge in [0.05, 0.1) is 11.4 Å². The molecule has 2 heterocycles. The van der Waals surface area contributed by atoms with Crippen molar-refractivity contribution in [2.24, 2.45) is 23.7 Å². The number of nitrogens with zero attached hydrogens (tertiary/aromatic N) is 2. The summed E-state index contributed by atoms with van der Waals surface area (Å²) < 4.78 is 0. The van der Waals surface area contributed by atoms with Crippen molar-refractivity contribution in [3.8, 4) is 0 Å². The summed E-state index contributed by atoms with van der Waals surface area (Å²) in [4.78, 5) is 5.47. The van der Waals surface area contributed by atoms with Crippen LogP contribution in [0.25, 0.3) is 43.1 Å². The van der Waals surface area contributed by atoms with Crippen LogP contribution in [-0.2, 0) is 0 Å². The Morgan fingerprint density at radius 2 is 0.711 bits per heavy atom. The van der Waals surface area contributed by atoms with Crippen LogP contribution in [0.5, 0.6) is 0 Å². The van der Waals surface area contributed by atoms with Crippen LogP contribution < -0.4 is 9.80 Å². The maximum atomic E-state index is 2.73. The highest BCUT2D eigenvalue weighted by molar-refractivity contribution is 6.24. The van der Waals surface area contributed by atoms with E-state index in [1.807, 2.05) is 0 Å². The Labute approximate surface area is 227 Å². The van der Waals surface area contributed by atoms with Gasteiger partial charge in [-0.3, -0.25) is 0 Å². The quantitative estimate of drug-likeness (QED) is 0.223. The lowest BCUT2D eigenvalue weighted by atomic mass is 9.87. The highest BCUT2D eigenvalue weighted by atomic mass is 15.2. The van der Waals surface area contributed by atoms with Crippen LogP contribution in [0.2, 0.25) is 0 Å². The summed E-state index contributed by atoms with van der Waals surface area (Å²) in [6.07, 6.45) is 2.64. The molecule has 0 saturated carbocycles. The van der Waals surface area contributed by atoms with Crippen molar-refractivity contribution in [1.29, 1.82) is 0 Å². The molecule has 38 heavy (non-hydrogen) atoms. The molecule has 2 heteroatoms. The van der Waals surface area contributed by atoms with Gasteiger partial charge in [-0.15, -0.1) is 0 Å². The molecule has 2 aliphatic heterocycles. The molecule has 7 rings (SSSR count). The predicted octanol–water partition coefficient (Wildman–Crippen LogP) is 9.26. The Balaban J connectivity index is 1.63. The Morgan fingerprint density at radius 1 is 0.447 bits per heavy atom. The molecule has 0 aromatic heterocycles. The third-order valence-corrected chi connectivity index (χ3v) is 9.16. The average Bonchev–Trinajstić information content (AvgIpc) is 2.88. The standard InChI is InChI=1S/C36H40N2/c1-23-13-24(2)20-37(19-23)35-31-15-27-9-5-7-11-29(27)17-33(31)36(38-21-25(3)14-26(4)22-38)34-18-30-12-8-6-10-28(30)16-32(34)35/h5-12,15-18,23-26H,13-14,19-22H2,1-4H3. The second-order valence-corrected chi connectivity index (χ2v) is 12.9. The van der Waals surface area contributed by atoms with E-state index in [4.69, 9.17) is 0 Å². The first kappa shape index (κ1) is 23.8. The topological polar surface area (TPSA) is 6.48 Å². The molecule has 5 aromatic rings. The summed E-state index contributed by atoms with van der Waals surface area (Å²) in [5.41, 5.74) is 2.90. The first-order valence-corrected chi connectivity index (χ1v) is 14.8. The summed E-state index contributed by atoms with van der Waals surface area (Å²) in [5, 5.41) is 11.1. The molecule has 5 aromatic carbocycles. The molecule has 4 atom stereocenters. The minimum absolute atomic E-state index is 0.702. The molecule has 0 spiro atoms. The van der Waals surface area contributed by atoms with Gasteiger partial charge >= 0.3 is 0 Å². The molecule has 0 bridgehead atoms. The largest absolute Gasteiger partial charge is 0.370 e. The highest BCUT2D eigenvalue weighted by Crippen LogP contribution is 2.48. The van der Waals surface area contributed by atoms with E-state index in [1.165, 1.54) is 67.3 Å². The summed E-state index contributed by atoms with van der Waals surface area (Å²) in [6, 6.07) is 27.9. The molecule has 2 saturated heterocycles. The summed E-state index contributed by atoms with van der Waals surface area (Å²) >= 11 is 0. The van der Waals surface area contributed by atoms with Crippen molar-refractivity contribution >= 4 is 54.5 Å². The fraction of sp³-hybridized carbons (Fsp3) is 0.389. The van der Waals surface area contributed by atoms with Crippen LogP contribution in [0.15, 0.2) is 72.8 Å². The van der Waals surface area contributed by atoms with Crippen LogP contribution in [0.3, 0.4) is 0 Å². The average molecular weight is 501 g/mol. The third kappa shape index (κ3) is 4.01. The van der Waals surface area contributed by atoms with Gasteiger partial charge in [-0.25, -0.2) is 0 Å². The number of hydrogen-bond donors (Lipinski definition) is 0. The van der Waals surface area contributed by atoms with Crippen LogP contribution in [-0.4, -0.2) is 26.2 Å². The molecule has 0 amide bonds. The van der Waals surface area contributed by atoms with E-state index in [1.54, 1.807) is 0 Å². The maximum absolute atomic E-state index is 2.73. The summed E-state index contributed by atoms with van der Waals surface area (Å²) in [5.74, 6) is 2.81. The van der Waals surface area contributed by atoms with E-state index in [9.17, 15) is 0 Å². The number of rotatable bonds is 2. The lowest BCUT2D eigenvalue weighted by Crippen LogP contribution is -2.40. The Bertz CT molecular complexity index is 1430. The maximum Gasteiger partial charge on any atom is 0.0527 e. The lowest BCUT2D eigenvalue weighted by Gasteiger charge is -2.41. The third-order valence-electron chi connectivity index (χ3n) is 9.16. The monoisotopic (exact) mass is 500 g/mol.